The van der Waals surface area contributed by atoms with Crippen LogP contribution in [0.1, 0.15) is 39.5 Å². The van der Waals surface area contributed by atoms with Gasteiger partial charge < -0.3 is 15.0 Å². The van der Waals surface area contributed by atoms with E-state index in [-0.39, 0.29) is 11.3 Å². The lowest BCUT2D eigenvalue weighted by molar-refractivity contribution is -0.119. The van der Waals surface area contributed by atoms with Gasteiger partial charge in [-0.3, -0.25) is 4.79 Å². The van der Waals surface area contributed by atoms with Crippen LogP contribution in [0.2, 0.25) is 0 Å². The molecule has 1 aromatic carbocycles. The van der Waals surface area contributed by atoms with Crippen molar-refractivity contribution in [2.45, 2.75) is 39.5 Å². The summed E-state index contributed by atoms with van der Waals surface area (Å²) in [5.74, 6) is 0.217. The molecule has 0 atom stereocenters. The van der Waals surface area contributed by atoms with Crippen LogP contribution in [-0.2, 0) is 9.59 Å². The van der Waals surface area contributed by atoms with Gasteiger partial charge in [-0.25, -0.2) is 0 Å². The topological polar surface area (TPSA) is 49.4 Å². The highest BCUT2D eigenvalue weighted by molar-refractivity contribution is 5.94. The zero-order valence-electron chi connectivity index (χ0n) is 12.9. The number of benzene rings is 1. The van der Waals surface area contributed by atoms with Crippen molar-refractivity contribution in [1.29, 1.82) is 0 Å². The highest BCUT2D eigenvalue weighted by atomic mass is 16.2. The normalized spacial score (nSPS) is 15.9. The van der Waals surface area contributed by atoms with Crippen molar-refractivity contribution in [3.8, 4) is 0 Å². The van der Waals surface area contributed by atoms with Crippen molar-refractivity contribution in [2.75, 3.05) is 23.3 Å². The number of carbonyl (C=O) groups excluding carboxylic acids is 2. The first-order valence-corrected chi connectivity index (χ1v) is 7.62. The summed E-state index contributed by atoms with van der Waals surface area (Å²) in [6, 6.07) is 7.95. The number of carbonyl (C=O) groups is 2. The summed E-state index contributed by atoms with van der Waals surface area (Å²) < 4.78 is 0. The van der Waals surface area contributed by atoms with E-state index < -0.39 is 0 Å². The predicted molar refractivity (Wildman–Crippen MR) is 85.6 cm³/mol. The highest BCUT2D eigenvalue weighted by Gasteiger charge is 2.19. The van der Waals surface area contributed by atoms with Crippen LogP contribution in [0.4, 0.5) is 11.4 Å². The average Bonchev–Trinajstić information content (AvgIpc) is 2.48. The first kappa shape index (κ1) is 15.5. The number of hydrogen-bond acceptors (Lipinski definition) is 3. The Bertz CT molecular complexity index is 494. The monoisotopic (exact) mass is 288 g/mol. The number of hydrogen-bond donors (Lipinski definition) is 1. The van der Waals surface area contributed by atoms with Crippen LogP contribution in [0.25, 0.3) is 0 Å². The Morgan fingerprint density at radius 2 is 1.95 bits per heavy atom. The van der Waals surface area contributed by atoms with Crippen LogP contribution in [0.15, 0.2) is 24.3 Å². The zero-order chi connectivity index (χ0) is 15.3. The molecule has 0 aromatic heterocycles. The summed E-state index contributed by atoms with van der Waals surface area (Å²) in [5, 5.41) is 3.31. The van der Waals surface area contributed by atoms with E-state index in [4.69, 9.17) is 0 Å². The molecular formula is C17H24N2O2. The maximum Gasteiger partial charge on any atom is 0.226 e. The Hall–Kier alpha value is -1.84. The molecule has 1 saturated heterocycles. The standard InChI is InChI=1S/C17H24N2O2/c1-17(2,13-20)10-11-18-14-6-8-15(9-7-14)19-12-4-3-5-16(19)21/h6-9,13,18H,3-5,10-12H2,1-2H3. The van der Waals surface area contributed by atoms with Gasteiger partial charge in [0.2, 0.25) is 5.91 Å². The molecule has 1 aromatic rings. The first-order chi connectivity index (χ1) is 10.0. The average molecular weight is 288 g/mol. The van der Waals surface area contributed by atoms with E-state index >= 15 is 0 Å². The van der Waals surface area contributed by atoms with Crippen LogP contribution < -0.4 is 10.2 Å². The van der Waals surface area contributed by atoms with Gasteiger partial charge in [-0.1, -0.05) is 13.8 Å². The molecule has 1 aliphatic heterocycles. The molecule has 2 rings (SSSR count). The molecule has 0 radical (unpaired) electrons. The van der Waals surface area contributed by atoms with Gasteiger partial charge in [0.15, 0.2) is 0 Å². The molecule has 0 aliphatic carbocycles. The second-order valence-corrected chi connectivity index (χ2v) is 6.33. The lowest BCUT2D eigenvalue weighted by Gasteiger charge is -2.27. The third-order valence-electron chi connectivity index (χ3n) is 3.92. The quantitative estimate of drug-likeness (QED) is 0.818. The van der Waals surface area contributed by atoms with Gasteiger partial charge in [0.25, 0.3) is 0 Å². The summed E-state index contributed by atoms with van der Waals surface area (Å²) in [6.45, 7) is 5.45. The van der Waals surface area contributed by atoms with Gasteiger partial charge in [0, 0.05) is 36.3 Å². The van der Waals surface area contributed by atoms with E-state index in [2.05, 4.69) is 5.32 Å². The van der Waals surface area contributed by atoms with Crippen LogP contribution in [0, 0.1) is 5.41 Å². The second kappa shape index (κ2) is 6.74. The fraction of sp³-hybridized carbons (Fsp3) is 0.529. The predicted octanol–water partition coefficient (Wildman–Crippen LogP) is 3.23. The molecule has 114 valence electrons. The van der Waals surface area contributed by atoms with Gasteiger partial charge in [-0.15, -0.1) is 0 Å². The molecule has 1 N–H and O–H groups in total. The van der Waals surface area contributed by atoms with Crippen molar-refractivity contribution in [3.05, 3.63) is 24.3 Å². The van der Waals surface area contributed by atoms with Crippen LogP contribution in [0.5, 0.6) is 0 Å². The SMILES string of the molecule is CC(C)(C=O)CCNc1ccc(N2CCCCC2=O)cc1. The Balaban J connectivity index is 1.90. The van der Waals surface area contributed by atoms with Crippen molar-refractivity contribution in [2.24, 2.45) is 5.41 Å². The van der Waals surface area contributed by atoms with Gasteiger partial charge >= 0.3 is 0 Å². The molecule has 4 nitrogen and oxygen atoms in total. The van der Waals surface area contributed by atoms with Gasteiger partial charge in [0.1, 0.15) is 6.29 Å². The summed E-state index contributed by atoms with van der Waals surface area (Å²) in [4.78, 5) is 24.6. The summed E-state index contributed by atoms with van der Waals surface area (Å²) in [7, 11) is 0. The van der Waals surface area contributed by atoms with Crippen LogP contribution in [-0.4, -0.2) is 25.3 Å². The van der Waals surface area contributed by atoms with Gasteiger partial charge in [0.05, 0.1) is 0 Å². The molecule has 0 unspecified atom stereocenters. The molecule has 21 heavy (non-hydrogen) atoms. The summed E-state index contributed by atoms with van der Waals surface area (Å²) in [5.41, 5.74) is 1.70. The first-order valence-electron chi connectivity index (χ1n) is 7.62. The molecule has 0 spiro atoms. The Morgan fingerprint density at radius 3 is 2.57 bits per heavy atom. The van der Waals surface area contributed by atoms with E-state index in [0.717, 1.165) is 50.0 Å². The largest absolute Gasteiger partial charge is 0.385 e. The number of rotatable bonds is 6. The number of anilines is 2. The third kappa shape index (κ3) is 4.31. The van der Waals surface area contributed by atoms with Gasteiger partial charge in [-0.05, 0) is 43.5 Å². The minimum absolute atomic E-state index is 0.217. The van der Waals surface area contributed by atoms with E-state index in [0.29, 0.717) is 6.42 Å². The maximum atomic E-state index is 11.9. The molecule has 1 amide bonds. The van der Waals surface area contributed by atoms with E-state index in [1.165, 1.54) is 0 Å². The molecule has 4 heteroatoms. The van der Waals surface area contributed by atoms with Crippen LogP contribution in [0.3, 0.4) is 0 Å². The summed E-state index contributed by atoms with van der Waals surface area (Å²) >= 11 is 0. The molecule has 0 bridgehead atoms. The minimum atomic E-state index is -0.285. The fourth-order valence-corrected chi connectivity index (χ4v) is 2.43. The van der Waals surface area contributed by atoms with Gasteiger partial charge in [-0.2, -0.15) is 0 Å². The van der Waals surface area contributed by atoms with Crippen molar-refractivity contribution in [3.63, 3.8) is 0 Å². The number of nitrogens with one attached hydrogen (secondary N) is 1. The number of amides is 1. The molecule has 1 heterocycles. The summed E-state index contributed by atoms with van der Waals surface area (Å²) in [6.07, 6.45) is 4.53. The number of aldehydes is 1. The second-order valence-electron chi connectivity index (χ2n) is 6.33. The van der Waals surface area contributed by atoms with Crippen molar-refractivity contribution in [1.82, 2.24) is 0 Å². The lowest BCUT2D eigenvalue weighted by Crippen LogP contribution is -2.35. The van der Waals surface area contributed by atoms with E-state index in [9.17, 15) is 9.59 Å². The third-order valence-corrected chi connectivity index (χ3v) is 3.92. The van der Waals surface area contributed by atoms with Crippen LogP contribution >= 0.6 is 0 Å². The highest BCUT2D eigenvalue weighted by Crippen LogP contribution is 2.23. The van der Waals surface area contributed by atoms with E-state index in [1.54, 1.807) is 0 Å². The van der Waals surface area contributed by atoms with E-state index in [1.807, 2.05) is 43.0 Å². The number of nitrogens with zero attached hydrogens (tertiary/aromatic N) is 1. The number of piperidine rings is 1. The Labute approximate surface area is 126 Å². The molecule has 1 fully saturated rings. The Morgan fingerprint density at radius 1 is 1.24 bits per heavy atom. The Kier molecular flexibility index (Phi) is 4.99. The van der Waals surface area contributed by atoms with Crippen molar-refractivity contribution < 1.29 is 9.59 Å². The minimum Gasteiger partial charge on any atom is -0.385 e. The maximum absolute atomic E-state index is 11.9. The zero-order valence-corrected chi connectivity index (χ0v) is 12.9. The lowest BCUT2D eigenvalue weighted by atomic mass is 9.91. The van der Waals surface area contributed by atoms with Crippen molar-refractivity contribution >= 4 is 23.6 Å². The smallest absolute Gasteiger partial charge is 0.226 e. The molecular weight excluding hydrogens is 264 g/mol. The molecule has 0 saturated carbocycles. The molecule has 1 aliphatic rings. The fourth-order valence-electron chi connectivity index (χ4n) is 2.43.